The SMILES string of the molecule is CC(C)(C)OC(=O)n1c2ccncc2c2ccc(-c3ccc(N4CCC(CCO)CC4)nc3)cc21. The highest BCUT2D eigenvalue weighted by atomic mass is 16.6. The van der Waals surface area contributed by atoms with Gasteiger partial charge in [-0.2, -0.15) is 0 Å². The molecule has 1 aliphatic heterocycles. The van der Waals surface area contributed by atoms with Crippen LogP contribution in [0.4, 0.5) is 10.6 Å². The molecule has 0 radical (unpaired) electrons. The molecule has 0 unspecified atom stereocenters. The van der Waals surface area contributed by atoms with E-state index in [2.05, 4.69) is 28.1 Å². The molecular formula is C28H32N4O3. The fourth-order valence-corrected chi connectivity index (χ4v) is 4.92. The van der Waals surface area contributed by atoms with Gasteiger partial charge in [-0.25, -0.2) is 14.3 Å². The lowest BCUT2D eigenvalue weighted by Crippen LogP contribution is -2.34. The normalized spacial score (nSPS) is 15.1. The maximum absolute atomic E-state index is 13.2. The molecule has 4 aromatic rings. The van der Waals surface area contributed by atoms with Gasteiger partial charge in [0.15, 0.2) is 0 Å². The number of fused-ring (bicyclic) bond motifs is 3. The Kier molecular flexibility index (Phi) is 6.19. The fraction of sp³-hybridized carbons (Fsp3) is 0.393. The third-order valence-corrected chi connectivity index (χ3v) is 6.70. The second-order valence-electron chi connectivity index (χ2n) is 10.3. The van der Waals surface area contributed by atoms with Crippen LogP contribution in [0.15, 0.2) is 55.0 Å². The van der Waals surface area contributed by atoms with Crippen LogP contribution in [0, 0.1) is 5.92 Å². The van der Waals surface area contributed by atoms with Crippen molar-refractivity contribution in [1.82, 2.24) is 14.5 Å². The Bertz CT molecular complexity index is 1350. The van der Waals surface area contributed by atoms with Gasteiger partial charge in [0, 0.05) is 54.6 Å². The summed E-state index contributed by atoms with van der Waals surface area (Å²) in [5.74, 6) is 1.58. The molecule has 0 amide bonds. The number of nitrogens with zero attached hydrogens (tertiary/aromatic N) is 4. The Hall–Kier alpha value is -3.45. The van der Waals surface area contributed by atoms with Crippen LogP contribution >= 0.6 is 0 Å². The average Bonchev–Trinajstić information content (AvgIpc) is 3.18. The van der Waals surface area contributed by atoms with E-state index in [1.54, 1.807) is 17.0 Å². The van der Waals surface area contributed by atoms with Gasteiger partial charge in [-0.1, -0.05) is 12.1 Å². The van der Waals surface area contributed by atoms with Gasteiger partial charge >= 0.3 is 6.09 Å². The molecule has 1 aromatic carbocycles. The molecule has 182 valence electrons. The average molecular weight is 473 g/mol. The number of benzene rings is 1. The lowest BCUT2D eigenvalue weighted by atomic mass is 9.94. The molecule has 0 atom stereocenters. The van der Waals surface area contributed by atoms with Gasteiger partial charge in [-0.3, -0.25) is 4.98 Å². The number of rotatable bonds is 4. The molecule has 1 saturated heterocycles. The van der Waals surface area contributed by atoms with Crippen LogP contribution in [-0.2, 0) is 4.74 Å². The van der Waals surface area contributed by atoms with Crippen LogP contribution in [0.5, 0.6) is 0 Å². The van der Waals surface area contributed by atoms with Crippen molar-refractivity contribution >= 4 is 33.7 Å². The van der Waals surface area contributed by atoms with Crippen molar-refractivity contribution in [3.05, 3.63) is 55.0 Å². The van der Waals surface area contributed by atoms with Crippen LogP contribution in [0.3, 0.4) is 0 Å². The Morgan fingerprint density at radius 2 is 1.80 bits per heavy atom. The van der Waals surface area contributed by atoms with Crippen molar-refractivity contribution in [2.45, 2.75) is 45.6 Å². The van der Waals surface area contributed by atoms with Gasteiger partial charge in [-0.15, -0.1) is 0 Å². The summed E-state index contributed by atoms with van der Waals surface area (Å²) in [5, 5.41) is 11.1. The number of aliphatic hydroxyl groups is 1. The largest absolute Gasteiger partial charge is 0.443 e. The number of carbonyl (C=O) groups is 1. The molecule has 7 heteroatoms. The summed E-state index contributed by atoms with van der Waals surface area (Å²) < 4.78 is 7.36. The van der Waals surface area contributed by atoms with E-state index in [4.69, 9.17) is 9.72 Å². The van der Waals surface area contributed by atoms with Crippen molar-refractivity contribution < 1.29 is 14.6 Å². The van der Waals surface area contributed by atoms with E-state index in [1.807, 2.05) is 45.2 Å². The first-order valence-corrected chi connectivity index (χ1v) is 12.3. The molecule has 1 N–H and O–H groups in total. The molecule has 7 nitrogen and oxygen atoms in total. The summed E-state index contributed by atoms with van der Waals surface area (Å²) in [4.78, 5) is 24.5. The highest BCUT2D eigenvalue weighted by molar-refractivity contribution is 6.13. The van der Waals surface area contributed by atoms with Crippen LogP contribution in [0.2, 0.25) is 0 Å². The quantitative estimate of drug-likeness (QED) is 0.414. The zero-order valence-corrected chi connectivity index (χ0v) is 20.6. The lowest BCUT2D eigenvalue weighted by Gasteiger charge is -2.32. The van der Waals surface area contributed by atoms with Gasteiger partial charge in [0.05, 0.1) is 11.0 Å². The molecule has 0 spiro atoms. The monoisotopic (exact) mass is 472 g/mol. The second-order valence-corrected chi connectivity index (χ2v) is 10.3. The molecule has 3 aromatic heterocycles. The zero-order chi connectivity index (χ0) is 24.6. The number of hydrogen-bond acceptors (Lipinski definition) is 6. The molecule has 0 saturated carbocycles. The highest BCUT2D eigenvalue weighted by Gasteiger charge is 2.23. The first kappa shape index (κ1) is 23.3. The Morgan fingerprint density at radius 3 is 2.49 bits per heavy atom. The summed E-state index contributed by atoms with van der Waals surface area (Å²) in [6, 6.07) is 12.1. The number of anilines is 1. The minimum Gasteiger partial charge on any atom is -0.443 e. The minimum absolute atomic E-state index is 0.269. The van der Waals surface area contributed by atoms with E-state index in [0.717, 1.165) is 71.1 Å². The van der Waals surface area contributed by atoms with Crippen LogP contribution in [-0.4, -0.2) is 51.0 Å². The summed E-state index contributed by atoms with van der Waals surface area (Å²) in [7, 11) is 0. The summed E-state index contributed by atoms with van der Waals surface area (Å²) >= 11 is 0. The first-order valence-electron chi connectivity index (χ1n) is 12.3. The highest BCUT2D eigenvalue weighted by Crippen LogP contribution is 2.33. The van der Waals surface area contributed by atoms with Crippen molar-refractivity contribution in [3.8, 4) is 11.1 Å². The Labute approximate surface area is 205 Å². The number of piperidine rings is 1. The van der Waals surface area contributed by atoms with Gasteiger partial charge in [0.25, 0.3) is 0 Å². The van der Waals surface area contributed by atoms with Crippen LogP contribution in [0.25, 0.3) is 32.9 Å². The Balaban J connectivity index is 1.47. The Morgan fingerprint density at radius 1 is 1.03 bits per heavy atom. The second kappa shape index (κ2) is 9.30. The molecule has 35 heavy (non-hydrogen) atoms. The molecular weight excluding hydrogens is 440 g/mol. The lowest BCUT2D eigenvalue weighted by molar-refractivity contribution is 0.0551. The standard InChI is InChI=1S/C28H32N4O3/c1-28(2,3)35-27(34)32-24-8-12-29-18-23(24)22-6-4-20(16-25(22)32)21-5-7-26(30-17-21)31-13-9-19(10-14-31)11-15-33/h4-8,12,16-19,33H,9-11,13-15H2,1-3H3. The molecule has 1 fully saturated rings. The summed E-state index contributed by atoms with van der Waals surface area (Å²) in [5.41, 5.74) is 2.94. The van der Waals surface area contributed by atoms with Gasteiger partial charge in [0.2, 0.25) is 0 Å². The maximum Gasteiger partial charge on any atom is 0.419 e. The van der Waals surface area contributed by atoms with Gasteiger partial charge < -0.3 is 14.7 Å². The number of pyridine rings is 2. The van der Waals surface area contributed by atoms with Crippen molar-refractivity contribution in [2.75, 3.05) is 24.6 Å². The van der Waals surface area contributed by atoms with Crippen molar-refractivity contribution in [1.29, 1.82) is 0 Å². The van der Waals surface area contributed by atoms with Crippen molar-refractivity contribution in [3.63, 3.8) is 0 Å². The third kappa shape index (κ3) is 4.73. The van der Waals surface area contributed by atoms with E-state index in [0.29, 0.717) is 5.92 Å². The van der Waals surface area contributed by atoms with E-state index < -0.39 is 11.7 Å². The first-order chi connectivity index (χ1) is 16.8. The van der Waals surface area contributed by atoms with E-state index >= 15 is 0 Å². The molecule has 4 heterocycles. The summed E-state index contributed by atoms with van der Waals surface area (Å²) in [6.45, 7) is 7.81. The maximum atomic E-state index is 13.2. The summed E-state index contributed by atoms with van der Waals surface area (Å²) in [6.07, 6.45) is 8.04. The van der Waals surface area contributed by atoms with E-state index in [-0.39, 0.29) is 6.61 Å². The number of hydrogen-bond donors (Lipinski definition) is 1. The predicted octanol–water partition coefficient (Wildman–Crippen LogP) is 5.63. The predicted molar refractivity (Wildman–Crippen MR) is 139 cm³/mol. The topological polar surface area (TPSA) is 80.5 Å². The van der Waals surface area contributed by atoms with Gasteiger partial charge in [0.1, 0.15) is 11.4 Å². The number of carbonyl (C=O) groups excluding carboxylic acids is 1. The smallest absolute Gasteiger partial charge is 0.419 e. The minimum atomic E-state index is -0.600. The number of aliphatic hydroxyl groups excluding tert-OH is 1. The third-order valence-electron chi connectivity index (χ3n) is 6.70. The molecule has 1 aliphatic rings. The molecule has 5 rings (SSSR count). The van der Waals surface area contributed by atoms with Crippen molar-refractivity contribution in [2.24, 2.45) is 5.92 Å². The van der Waals surface area contributed by atoms with Gasteiger partial charge in [-0.05, 0) is 75.8 Å². The van der Waals surface area contributed by atoms with E-state index in [1.165, 1.54) is 0 Å². The fourth-order valence-electron chi connectivity index (χ4n) is 4.92. The molecule has 0 aliphatic carbocycles. The zero-order valence-electron chi connectivity index (χ0n) is 20.6. The number of aromatic nitrogens is 3. The number of ether oxygens (including phenoxy) is 1. The molecule has 0 bridgehead atoms. The van der Waals surface area contributed by atoms with E-state index in [9.17, 15) is 9.90 Å². The van der Waals surface area contributed by atoms with Crippen LogP contribution < -0.4 is 4.90 Å². The van der Waals surface area contributed by atoms with Crippen LogP contribution in [0.1, 0.15) is 40.0 Å².